The molecule has 0 N–H and O–H groups in total. The molecule has 1 aliphatic heterocycles. The van der Waals surface area contributed by atoms with Crippen molar-refractivity contribution in [3.63, 3.8) is 0 Å². The maximum absolute atomic E-state index is 6.14. The molecule has 0 bridgehead atoms. The quantitative estimate of drug-likeness (QED) is 0.774. The Bertz CT molecular complexity index is 350. The van der Waals surface area contributed by atoms with Gasteiger partial charge in [-0.3, -0.25) is 0 Å². The van der Waals surface area contributed by atoms with Gasteiger partial charge in [0.1, 0.15) is 5.75 Å². The van der Waals surface area contributed by atoms with E-state index in [1.807, 2.05) is 18.2 Å². The Morgan fingerprint density at radius 1 is 1.50 bits per heavy atom. The number of alkyl halides is 1. The minimum absolute atomic E-state index is 0.101. The Balaban J connectivity index is 2.35. The van der Waals surface area contributed by atoms with Gasteiger partial charge in [0.15, 0.2) is 0 Å². The van der Waals surface area contributed by atoms with E-state index in [-0.39, 0.29) is 4.32 Å². The van der Waals surface area contributed by atoms with Gasteiger partial charge in [-0.15, -0.1) is 0 Å². The molecule has 0 aliphatic carbocycles. The Hall–Kier alpha value is -0.250. The molecule has 0 radical (unpaired) electrons. The van der Waals surface area contributed by atoms with E-state index in [1.165, 1.54) is 0 Å². The first-order valence-corrected chi connectivity index (χ1v) is 5.43. The van der Waals surface area contributed by atoms with E-state index in [9.17, 15) is 0 Å². The second-order valence-electron chi connectivity index (χ2n) is 3.30. The molecule has 1 saturated heterocycles. The number of hydrogen-bond donors (Lipinski definition) is 0. The van der Waals surface area contributed by atoms with Crippen LogP contribution in [-0.2, 0) is 9.06 Å². The summed E-state index contributed by atoms with van der Waals surface area (Å²) in [6.07, 6.45) is 0. The molecule has 0 unspecified atom stereocenters. The average Bonchev–Trinajstić information content (AvgIpc) is 2.14. The van der Waals surface area contributed by atoms with Gasteiger partial charge in [-0.05, 0) is 17.7 Å². The highest BCUT2D eigenvalue weighted by atomic mass is 79.9. The maximum Gasteiger partial charge on any atom is 0.120 e. The Morgan fingerprint density at radius 2 is 2.21 bits per heavy atom. The number of rotatable bonds is 2. The SMILES string of the molecule is COc1ccc(C2(Br)COC2)c(Cl)c1. The Labute approximate surface area is 96.3 Å². The lowest BCUT2D eigenvalue weighted by Gasteiger charge is -2.37. The van der Waals surface area contributed by atoms with E-state index < -0.39 is 0 Å². The van der Waals surface area contributed by atoms with Gasteiger partial charge in [0.2, 0.25) is 0 Å². The predicted molar refractivity (Wildman–Crippen MR) is 59.4 cm³/mol. The molecule has 1 heterocycles. The van der Waals surface area contributed by atoms with Crippen molar-refractivity contribution in [2.75, 3.05) is 20.3 Å². The van der Waals surface area contributed by atoms with E-state index >= 15 is 0 Å². The zero-order valence-electron chi connectivity index (χ0n) is 7.72. The van der Waals surface area contributed by atoms with Crippen LogP contribution in [0.3, 0.4) is 0 Å². The summed E-state index contributed by atoms with van der Waals surface area (Å²) in [5.74, 6) is 0.773. The van der Waals surface area contributed by atoms with Gasteiger partial charge in [0.05, 0.1) is 24.6 Å². The Morgan fingerprint density at radius 3 is 2.64 bits per heavy atom. The third kappa shape index (κ3) is 1.64. The first kappa shape index (κ1) is 10.3. The van der Waals surface area contributed by atoms with Gasteiger partial charge in [0, 0.05) is 5.02 Å². The number of benzene rings is 1. The molecule has 1 fully saturated rings. The highest BCUT2D eigenvalue weighted by Crippen LogP contribution is 2.42. The van der Waals surface area contributed by atoms with Crippen molar-refractivity contribution in [2.24, 2.45) is 0 Å². The summed E-state index contributed by atoms with van der Waals surface area (Å²) in [5, 5.41) is 0.713. The fourth-order valence-corrected chi connectivity index (χ4v) is 2.56. The first-order valence-electron chi connectivity index (χ1n) is 4.26. The molecular formula is C10H10BrClO2. The summed E-state index contributed by atoms with van der Waals surface area (Å²) in [6, 6.07) is 5.69. The molecule has 2 rings (SSSR count). The second kappa shape index (κ2) is 3.72. The van der Waals surface area contributed by atoms with E-state index in [0.29, 0.717) is 18.2 Å². The fraction of sp³-hybridized carbons (Fsp3) is 0.400. The van der Waals surface area contributed by atoms with Crippen LogP contribution < -0.4 is 4.74 Å². The number of hydrogen-bond acceptors (Lipinski definition) is 2. The lowest BCUT2D eigenvalue weighted by Crippen LogP contribution is -2.41. The van der Waals surface area contributed by atoms with Crippen molar-refractivity contribution in [1.29, 1.82) is 0 Å². The monoisotopic (exact) mass is 276 g/mol. The molecule has 14 heavy (non-hydrogen) atoms. The zero-order chi connectivity index (χ0) is 10.2. The van der Waals surface area contributed by atoms with Gasteiger partial charge in [-0.1, -0.05) is 33.6 Å². The van der Waals surface area contributed by atoms with E-state index in [0.717, 1.165) is 11.3 Å². The third-order valence-corrected chi connectivity index (χ3v) is 3.52. The average molecular weight is 278 g/mol. The van der Waals surface area contributed by atoms with Crippen LogP contribution in [0.4, 0.5) is 0 Å². The van der Waals surface area contributed by atoms with Crippen LogP contribution in [0, 0.1) is 0 Å². The lowest BCUT2D eigenvalue weighted by atomic mass is 9.97. The van der Waals surface area contributed by atoms with Gasteiger partial charge in [-0.2, -0.15) is 0 Å². The lowest BCUT2D eigenvalue weighted by molar-refractivity contribution is -0.00696. The van der Waals surface area contributed by atoms with Gasteiger partial charge < -0.3 is 9.47 Å². The standard InChI is InChI=1S/C10H10BrClO2/c1-13-7-2-3-8(9(12)4-7)10(11)5-14-6-10/h2-4H,5-6H2,1H3. The van der Waals surface area contributed by atoms with Crippen molar-refractivity contribution in [2.45, 2.75) is 4.32 Å². The van der Waals surface area contributed by atoms with Crippen LogP contribution in [0.2, 0.25) is 5.02 Å². The predicted octanol–water partition coefficient (Wildman–Crippen LogP) is 2.97. The summed E-state index contributed by atoms with van der Waals surface area (Å²) >= 11 is 9.76. The van der Waals surface area contributed by atoms with Gasteiger partial charge in [-0.25, -0.2) is 0 Å². The summed E-state index contributed by atoms with van der Waals surface area (Å²) in [4.78, 5) is 0. The van der Waals surface area contributed by atoms with E-state index in [1.54, 1.807) is 7.11 Å². The van der Waals surface area contributed by atoms with Crippen LogP contribution in [-0.4, -0.2) is 20.3 Å². The minimum atomic E-state index is -0.101. The first-order chi connectivity index (χ1) is 6.65. The van der Waals surface area contributed by atoms with Crippen molar-refractivity contribution < 1.29 is 9.47 Å². The molecule has 4 heteroatoms. The van der Waals surface area contributed by atoms with Gasteiger partial charge >= 0.3 is 0 Å². The Kier molecular flexibility index (Phi) is 2.73. The van der Waals surface area contributed by atoms with Crippen LogP contribution in [0.15, 0.2) is 18.2 Å². The number of ether oxygens (including phenoxy) is 2. The molecule has 0 saturated carbocycles. The molecule has 0 amide bonds. The molecule has 1 aliphatic rings. The number of methoxy groups -OCH3 is 1. The van der Waals surface area contributed by atoms with Crippen molar-refractivity contribution in [1.82, 2.24) is 0 Å². The molecule has 0 spiro atoms. The molecule has 2 nitrogen and oxygen atoms in total. The smallest absolute Gasteiger partial charge is 0.120 e. The van der Waals surface area contributed by atoms with E-state index in [4.69, 9.17) is 21.1 Å². The van der Waals surface area contributed by atoms with Crippen molar-refractivity contribution in [3.8, 4) is 5.75 Å². The van der Waals surface area contributed by atoms with Crippen LogP contribution >= 0.6 is 27.5 Å². The summed E-state index contributed by atoms with van der Waals surface area (Å²) in [7, 11) is 1.63. The largest absolute Gasteiger partial charge is 0.497 e. The topological polar surface area (TPSA) is 18.5 Å². The van der Waals surface area contributed by atoms with Gasteiger partial charge in [0.25, 0.3) is 0 Å². The van der Waals surface area contributed by atoms with E-state index in [2.05, 4.69) is 15.9 Å². The molecule has 0 atom stereocenters. The highest BCUT2D eigenvalue weighted by Gasteiger charge is 2.39. The molecule has 1 aromatic carbocycles. The zero-order valence-corrected chi connectivity index (χ0v) is 10.1. The second-order valence-corrected chi connectivity index (χ2v) is 5.23. The normalized spacial score (nSPS) is 18.8. The summed E-state index contributed by atoms with van der Waals surface area (Å²) in [5.41, 5.74) is 1.06. The summed E-state index contributed by atoms with van der Waals surface area (Å²) < 4.78 is 10.1. The third-order valence-electron chi connectivity index (χ3n) is 2.32. The molecule has 1 aromatic rings. The summed E-state index contributed by atoms with van der Waals surface area (Å²) in [6.45, 7) is 1.33. The van der Waals surface area contributed by atoms with Crippen LogP contribution in [0.1, 0.15) is 5.56 Å². The van der Waals surface area contributed by atoms with Crippen LogP contribution in [0.25, 0.3) is 0 Å². The molecule has 0 aromatic heterocycles. The van der Waals surface area contributed by atoms with Crippen molar-refractivity contribution >= 4 is 27.5 Å². The highest BCUT2D eigenvalue weighted by molar-refractivity contribution is 9.09. The minimum Gasteiger partial charge on any atom is -0.497 e. The molecule has 76 valence electrons. The maximum atomic E-state index is 6.14. The molecular weight excluding hydrogens is 267 g/mol. The number of halogens is 2. The van der Waals surface area contributed by atoms with Crippen LogP contribution in [0.5, 0.6) is 5.75 Å². The fourth-order valence-electron chi connectivity index (χ4n) is 1.42. The van der Waals surface area contributed by atoms with Crippen molar-refractivity contribution in [3.05, 3.63) is 28.8 Å².